The number of ether oxygens (including phenoxy) is 1. The monoisotopic (exact) mass is 464 g/mol. The van der Waals surface area contributed by atoms with Gasteiger partial charge in [-0.1, -0.05) is 23.2 Å². The van der Waals surface area contributed by atoms with Gasteiger partial charge in [0, 0.05) is 47.7 Å². The van der Waals surface area contributed by atoms with E-state index in [9.17, 15) is 9.18 Å². The minimum absolute atomic E-state index is 0.107. The molecule has 0 aliphatic carbocycles. The van der Waals surface area contributed by atoms with E-state index in [1.165, 1.54) is 18.2 Å². The van der Waals surface area contributed by atoms with Gasteiger partial charge in [-0.2, -0.15) is 0 Å². The maximum Gasteiger partial charge on any atom is 0.251 e. The predicted molar refractivity (Wildman–Crippen MR) is 122 cm³/mol. The zero-order chi connectivity index (χ0) is 22.7. The Morgan fingerprint density at radius 1 is 1.23 bits per heavy atom. The molecule has 0 aliphatic heterocycles. The average molecular weight is 465 g/mol. The van der Waals surface area contributed by atoms with Gasteiger partial charge >= 0.3 is 0 Å². The van der Waals surface area contributed by atoms with E-state index < -0.39 is 11.9 Å². The number of nitrogen functional groups attached to an aromatic ring is 1. The van der Waals surface area contributed by atoms with E-state index in [0.29, 0.717) is 23.2 Å². The summed E-state index contributed by atoms with van der Waals surface area (Å²) in [6.07, 6.45) is 2.62. The number of hydrogen-bond donors (Lipinski definition) is 1. The Hall–Kier alpha value is -2.61. The molecule has 2 N–H and O–H groups in total. The number of likely N-dealkylation sites (N-methyl/N-ethyl adjacent to an activating group) is 1. The number of hydrogen-bond acceptors (Lipinski definition) is 5. The Balaban J connectivity index is 1.88. The summed E-state index contributed by atoms with van der Waals surface area (Å²) in [6, 6.07) is 7.66. The van der Waals surface area contributed by atoms with Crippen molar-refractivity contribution in [1.82, 2.24) is 14.5 Å². The van der Waals surface area contributed by atoms with Crippen molar-refractivity contribution in [3.8, 4) is 16.9 Å². The van der Waals surface area contributed by atoms with Crippen LogP contribution in [0.3, 0.4) is 0 Å². The van der Waals surface area contributed by atoms with Crippen LogP contribution in [0.5, 0.6) is 5.75 Å². The summed E-state index contributed by atoms with van der Waals surface area (Å²) < 4.78 is 21.4. The molecule has 1 atom stereocenters. The first kappa shape index (κ1) is 23.1. The normalized spacial score (nSPS) is 12.2. The number of benzene rings is 1. The molecule has 164 valence electrons. The van der Waals surface area contributed by atoms with E-state index in [1.807, 2.05) is 25.1 Å². The topological polar surface area (TPSA) is 73.4 Å². The van der Waals surface area contributed by atoms with Crippen LogP contribution in [0.2, 0.25) is 10.0 Å². The molecule has 3 rings (SSSR count). The highest BCUT2D eigenvalue weighted by Crippen LogP contribution is 2.36. The van der Waals surface area contributed by atoms with Crippen LogP contribution in [-0.4, -0.2) is 35.1 Å². The molecule has 3 aromatic rings. The van der Waals surface area contributed by atoms with Crippen LogP contribution in [0, 0.1) is 5.82 Å². The molecule has 0 saturated carbocycles. The fraction of sp³-hybridized carbons (Fsp3) is 0.273. The Kier molecular flexibility index (Phi) is 7.20. The summed E-state index contributed by atoms with van der Waals surface area (Å²) in [7, 11) is 3.90. The zero-order valence-corrected chi connectivity index (χ0v) is 18.9. The fourth-order valence-corrected chi connectivity index (χ4v) is 3.73. The third-order valence-electron chi connectivity index (χ3n) is 4.79. The molecule has 0 saturated heterocycles. The first-order chi connectivity index (χ1) is 14.7. The number of halogens is 3. The third-order valence-corrected chi connectivity index (χ3v) is 5.50. The molecule has 0 spiro atoms. The lowest BCUT2D eigenvalue weighted by molar-refractivity contribution is 0.227. The lowest BCUT2D eigenvalue weighted by Crippen LogP contribution is -2.25. The highest BCUT2D eigenvalue weighted by atomic mass is 35.5. The smallest absolute Gasteiger partial charge is 0.251 e. The van der Waals surface area contributed by atoms with Crippen molar-refractivity contribution >= 4 is 29.0 Å². The molecule has 1 aromatic carbocycles. The largest absolute Gasteiger partial charge is 0.482 e. The Labute approximate surface area is 190 Å². The number of aromatic nitrogens is 2. The van der Waals surface area contributed by atoms with E-state index in [1.54, 1.807) is 30.0 Å². The summed E-state index contributed by atoms with van der Waals surface area (Å²) in [4.78, 5) is 18.6. The summed E-state index contributed by atoms with van der Waals surface area (Å²) in [5.74, 6) is -0.164. The van der Waals surface area contributed by atoms with Crippen LogP contribution in [0.4, 0.5) is 10.2 Å². The van der Waals surface area contributed by atoms with Crippen LogP contribution >= 0.6 is 23.2 Å². The van der Waals surface area contributed by atoms with Gasteiger partial charge in [-0.15, -0.1) is 0 Å². The molecule has 0 radical (unpaired) electrons. The number of pyridine rings is 2. The second kappa shape index (κ2) is 9.68. The van der Waals surface area contributed by atoms with Crippen LogP contribution in [0.15, 0.2) is 47.5 Å². The van der Waals surface area contributed by atoms with E-state index in [-0.39, 0.29) is 27.2 Å². The molecule has 0 amide bonds. The predicted octanol–water partition coefficient (Wildman–Crippen LogP) is 4.64. The van der Waals surface area contributed by atoms with Gasteiger partial charge in [0.05, 0.1) is 5.02 Å². The molecule has 9 heteroatoms. The van der Waals surface area contributed by atoms with Gasteiger partial charge in [0.15, 0.2) is 11.6 Å². The molecule has 31 heavy (non-hydrogen) atoms. The summed E-state index contributed by atoms with van der Waals surface area (Å²) in [5.41, 5.74) is 7.51. The molecule has 0 unspecified atom stereocenters. The Morgan fingerprint density at radius 2 is 1.97 bits per heavy atom. The summed E-state index contributed by atoms with van der Waals surface area (Å²) in [6.45, 7) is 3.03. The minimum atomic E-state index is -0.686. The van der Waals surface area contributed by atoms with Crippen molar-refractivity contribution in [3.63, 3.8) is 0 Å². The molecule has 2 aromatic heterocycles. The highest BCUT2D eigenvalue weighted by Gasteiger charge is 2.20. The van der Waals surface area contributed by atoms with Crippen molar-refractivity contribution in [3.05, 3.63) is 74.5 Å². The first-order valence-electron chi connectivity index (χ1n) is 9.58. The van der Waals surface area contributed by atoms with Crippen LogP contribution in [0.25, 0.3) is 11.1 Å². The fourth-order valence-electron chi connectivity index (χ4n) is 3.05. The number of anilines is 1. The maximum atomic E-state index is 13.9. The molecule has 0 aliphatic rings. The molecule has 0 fully saturated rings. The van der Waals surface area contributed by atoms with Gasteiger partial charge in [-0.05, 0) is 50.8 Å². The van der Waals surface area contributed by atoms with Crippen molar-refractivity contribution < 1.29 is 9.13 Å². The Morgan fingerprint density at radius 3 is 2.65 bits per heavy atom. The quantitative estimate of drug-likeness (QED) is 0.515. The molecular weight excluding hydrogens is 442 g/mol. The maximum absolute atomic E-state index is 13.9. The summed E-state index contributed by atoms with van der Waals surface area (Å²) in [5, 5.41) is 0.173. The van der Waals surface area contributed by atoms with Crippen LogP contribution in [-0.2, 0) is 6.54 Å². The lowest BCUT2D eigenvalue weighted by Gasteiger charge is -2.19. The SMILES string of the molecule is C[C@@H](Oc1cc(-c2ccn(CCN(C)C)c(=O)c2)cnc1N)c1c(Cl)ccc(F)c1Cl. The Bertz CT molecular complexity index is 1150. The lowest BCUT2D eigenvalue weighted by atomic mass is 10.1. The number of nitrogens with two attached hydrogens (primary N) is 1. The van der Waals surface area contributed by atoms with Gasteiger partial charge in [-0.3, -0.25) is 4.79 Å². The van der Waals surface area contributed by atoms with Crippen LogP contribution in [0.1, 0.15) is 18.6 Å². The van der Waals surface area contributed by atoms with E-state index in [2.05, 4.69) is 4.98 Å². The van der Waals surface area contributed by atoms with Crippen molar-refractivity contribution in [2.75, 3.05) is 26.4 Å². The zero-order valence-electron chi connectivity index (χ0n) is 17.4. The minimum Gasteiger partial charge on any atom is -0.482 e. The van der Waals surface area contributed by atoms with Gasteiger partial charge < -0.3 is 19.9 Å². The molecular formula is C22H23Cl2FN4O2. The van der Waals surface area contributed by atoms with Gasteiger partial charge in [0.2, 0.25) is 0 Å². The van der Waals surface area contributed by atoms with Crippen LogP contribution < -0.4 is 16.0 Å². The summed E-state index contributed by atoms with van der Waals surface area (Å²) >= 11 is 12.3. The molecule has 0 bridgehead atoms. The second-order valence-corrected chi connectivity index (χ2v) is 8.16. The van der Waals surface area contributed by atoms with Gasteiger partial charge in [0.1, 0.15) is 11.9 Å². The van der Waals surface area contributed by atoms with Crippen molar-refractivity contribution in [2.45, 2.75) is 19.6 Å². The van der Waals surface area contributed by atoms with E-state index in [4.69, 9.17) is 33.7 Å². The third kappa shape index (κ3) is 5.36. The number of rotatable bonds is 7. The highest BCUT2D eigenvalue weighted by molar-refractivity contribution is 6.36. The van der Waals surface area contributed by atoms with Crippen molar-refractivity contribution in [2.24, 2.45) is 0 Å². The van der Waals surface area contributed by atoms with E-state index >= 15 is 0 Å². The van der Waals surface area contributed by atoms with Gasteiger partial charge in [-0.25, -0.2) is 9.37 Å². The number of nitrogens with zero attached hydrogens (tertiary/aromatic N) is 3. The standard InChI is InChI=1S/C22H23Cl2FN4O2/c1-13(20-16(23)4-5-17(25)21(20)24)31-18-10-15(12-27-22(18)26)14-6-7-29(19(30)11-14)9-8-28(2)3/h4-7,10-13H,8-9H2,1-3H3,(H2,26,27)/t13-/m1/s1. The first-order valence-corrected chi connectivity index (χ1v) is 10.3. The second-order valence-electron chi connectivity index (χ2n) is 7.37. The molecule has 6 nitrogen and oxygen atoms in total. The average Bonchev–Trinajstić information content (AvgIpc) is 2.71. The molecule has 2 heterocycles. The van der Waals surface area contributed by atoms with Gasteiger partial charge in [0.25, 0.3) is 5.56 Å². The van der Waals surface area contributed by atoms with E-state index in [0.717, 1.165) is 6.54 Å². The van der Waals surface area contributed by atoms with Crippen molar-refractivity contribution in [1.29, 1.82) is 0 Å².